The number of oxazole rings is 1. The number of carboxylic acids is 1. The molecule has 0 spiro atoms. The van der Waals surface area contributed by atoms with Crippen LogP contribution in [0.5, 0.6) is 0 Å². The molecule has 6 nitrogen and oxygen atoms in total. The zero-order chi connectivity index (χ0) is 15.9. The first kappa shape index (κ1) is 14.3. The second-order valence-electron chi connectivity index (χ2n) is 5.41. The molecule has 1 aromatic carbocycles. The summed E-state index contributed by atoms with van der Waals surface area (Å²) in [5.41, 5.74) is 2.40. The third-order valence-corrected chi connectivity index (χ3v) is 3.89. The van der Waals surface area contributed by atoms with Gasteiger partial charge < -0.3 is 14.4 Å². The summed E-state index contributed by atoms with van der Waals surface area (Å²) in [6.45, 7) is 3.59. The lowest BCUT2D eigenvalue weighted by atomic mass is 9.93. The molecule has 2 aromatic rings. The highest BCUT2D eigenvalue weighted by Crippen LogP contribution is 2.26. The number of carboxylic acid groups (broad SMARTS) is 1. The van der Waals surface area contributed by atoms with Crippen molar-refractivity contribution in [2.45, 2.75) is 32.9 Å². The summed E-state index contributed by atoms with van der Waals surface area (Å²) >= 11 is 0. The van der Waals surface area contributed by atoms with Gasteiger partial charge >= 0.3 is 5.97 Å². The van der Waals surface area contributed by atoms with Crippen LogP contribution in [0.25, 0.3) is 0 Å². The Morgan fingerprint density at radius 1 is 1.27 bits per heavy atom. The van der Waals surface area contributed by atoms with Gasteiger partial charge in [-0.05, 0) is 18.1 Å². The lowest BCUT2D eigenvalue weighted by molar-refractivity contribution is -0.142. The zero-order valence-electron chi connectivity index (χ0n) is 12.4. The molecule has 0 unspecified atom stereocenters. The van der Waals surface area contributed by atoms with Crippen LogP contribution in [0.15, 0.2) is 28.7 Å². The molecule has 114 valence electrons. The van der Waals surface area contributed by atoms with Crippen LogP contribution in [0.2, 0.25) is 0 Å². The molecule has 0 bridgehead atoms. The number of aryl methyl sites for hydroxylation is 2. The highest BCUT2D eigenvalue weighted by molar-refractivity contribution is 5.95. The average Bonchev–Trinajstić information content (AvgIpc) is 2.83. The van der Waals surface area contributed by atoms with E-state index in [0.717, 1.165) is 11.1 Å². The van der Waals surface area contributed by atoms with Gasteiger partial charge in [-0.1, -0.05) is 24.3 Å². The van der Waals surface area contributed by atoms with Crippen molar-refractivity contribution in [3.63, 3.8) is 0 Å². The third-order valence-electron chi connectivity index (χ3n) is 3.89. The number of aliphatic carboxylic acids is 1. The number of rotatable bonds is 2. The van der Waals surface area contributed by atoms with Crippen LogP contribution in [0.3, 0.4) is 0 Å². The van der Waals surface area contributed by atoms with Crippen LogP contribution in [0, 0.1) is 13.8 Å². The van der Waals surface area contributed by atoms with Crippen molar-refractivity contribution < 1.29 is 19.1 Å². The van der Waals surface area contributed by atoms with Gasteiger partial charge in [0, 0.05) is 19.9 Å². The summed E-state index contributed by atoms with van der Waals surface area (Å²) in [6.07, 6.45) is 0.295. The fourth-order valence-corrected chi connectivity index (χ4v) is 2.82. The summed E-state index contributed by atoms with van der Waals surface area (Å²) in [4.78, 5) is 29.7. The highest BCUT2D eigenvalue weighted by Gasteiger charge is 2.36. The highest BCUT2D eigenvalue weighted by atomic mass is 16.4. The topological polar surface area (TPSA) is 83.6 Å². The molecule has 0 saturated carbocycles. The van der Waals surface area contributed by atoms with Gasteiger partial charge in [0.05, 0.1) is 5.69 Å². The Hall–Kier alpha value is -2.63. The minimum absolute atomic E-state index is 0.114. The van der Waals surface area contributed by atoms with Crippen LogP contribution in [-0.4, -0.2) is 32.9 Å². The molecule has 2 heterocycles. The van der Waals surface area contributed by atoms with Crippen LogP contribution < -0.4 is 0 Å². The van der Waals surface area contributed by atoms with Gasteiger partial charge in [0.2, 0.25) is 5.76 Å². The number of nitrogens with zero attached hydrogens (tertiary/aromatic N) is 2. The van der Waals surface area contributed by atoms with Gasteiger partial charge in [-0.25, -0.2) is 9.78 Å². The lowest BCUT2D eigenvalue weighted by Gasteiger charge is -2.33. The van der Waals surface area contributed by atoms with Crippen LogP contribution in [0.1, 0.15) is 33.3 Å². The Morgan fingerprint density at radius 3 is 2.55 bits per heavy atom. The number of amides is 1. The van der Waals surface area contributed by atoms with Gasteiger partial charge in [-0.15, -0.1) is 0 Å². The fraction of sp³-hybridized carbons (Fsp3) is 0.312. The summed E-state index contributed by atoms with van der Waals surface area (Å²) in [5.74, 6) is -0.940. The van der Waals surface area contributed by atoms with Crippen LogP contribution in [0.4, 0.5) is 0 Å². The number of fused-ring (bicyclic) bond motifs is 1. The number of hydrogen-bond acceptors (Lipinski definition) is 4. The largest absolute Gasteiger partial charge is 0.480 e. The monoisotopic (exact) mass is 300 g/mol. The van der Waals surface area contributed by atoms with E-state index in [9.17, 15) is 14.7 Å². The number of carbonyl (C=O) groups excluding carboxylic acids is 1. The molecule has 0 radical (unpaired) electrons. The zero-order valence-corrected chi connectivity index (χ0v) is 12.4. The first-order valence-electron chi connectivity index (χ1n) is 7.02. The maximum absolute atomic E-state index is 12.7. The van der Waals surface area contributed by atoms with E-state index >= 15 is 0 Å². The fourth-order valence-electron chi connectivity index (χ4n) is 2.82. The van der Waals surface area contributed by atoms with Crippen molar-refractivity contribution in [1.29, 1.82) is 0 Å². The van der Waals surface area contributed by atoms with E-state index in [1.54, 1.807) is 13.8 Å². The smallest absolute Gasteiger partial charge is 0.326 e. The first-order valence-corrected chi connectivity index (χ1v) is 7.02. The molecule has 1 aliphatic rings. The molecule has 0 aliphatic carbocycles. The molecular formula is C16H16N2O4. The molecule has 0 fully saturated rings. The van der Waals surface area contributed by atoms with E-state index in [1.165, 1.54) is 4.90 Å². The van der Waals surface area contributed by atoms with Crippen LogP contribution in [-0.2, 0) is 17.8 Å². The van der Waals surface area contributed by atoms with Crippen molar-refractivity contribution in [2.75, 3.05) is 0 Å². The predicted octanol–water partition coefficient (Wildman–Crippen LogP) is 1.94. The molecule has 1 N–H and O–H groups in total. The van der Waals surface area contributed by atoms with Gasteiger partial charge in [0.15, 0.2) is 5.89 Å². The predicted molar refractivity (Wildman–Crippen MR) is 77.4 cm³/mol. The first-order chi connectivity index (χ1) is 10.5. The molecule has 1 aromatic heterocycles. The average molecular weight is 300 g/mol. The van der Waals surface area contributed by atoms with Crippen molar-refractivity contribution >= 4 is 11.9 Å². The lowest BCUT2D eigenvalue weighted by Crippen LogP contribution is -2.48. The van der Waals surface area contributed by atoms with E-state index in [4.69, 9.17) is 4.42 Å². The Morgan fingerprint density at radius 2 is 1.95 bits per heavy atom. The Kier molecular flexibility index (Phi) is 3.44. The summed E-state index contributed by atoms with van der Waals surface area (Å²) in [5, 5.41) is 9.46. The SMILES string of the molecule is Cc1nc(C)c(C(=O)N2Cc3ccccc3C[C@H]2C(=O)O)o1. The minimum Gasteiger partial charge on any atom is -0.480 e. The standard InChI is InChI=1S/C16H16N2O4/c1-9-14(22-10(2)17-9)15(19)18-8-12-6-4-3-5-11(12)7-13(18)16(20)21/h3-6,13H,7-8H2,1-2H3,(H,20,21)/t13-/m0/s1. The molecule has 6 heteroatoms. The quantitative estimate of drug-likeness (QED) is 0.916. The summed E-state index contributed by atoms with van der Waals surface area (Å²) in [7, 11) is 0. The minimum atomic E-state index is -1.02. The number of aromatic nitrogens is 1. The van der Waals surface area contributed by atoms with Gasteiger partial charge in [0.1, 0.15) is 6.04 Å². The number of hydrogen-bond donors (Lipinski definition) is 1. The molecule has 1 amide bonds. The van der Waals surface area contributed by atoms with E-state index in [2.05, 4.69) is 4.98 Å². The van der Waals surface area contributed by atoms with Crippen molar-refractivity contribution in [3.8, 4) is 0 Å². The molecular weight excluding hydrogens is 284 g/mol. The van der Waals surface area contributed by atoms with Crippen molar-refractivity contribution in [1.82, 2.24) is 9.88 Å². The third kappa shape index (κ3) is 2.36. The van der Waals surface area contributed by atoms with E-state index in [-0.39, 0.29) is 12.3 Å². The van der Waals surface area contributed by atoms with E-state index in [1.807, 2.05) is 24.3 Å². The Bertz CT molecular complexity index is 750. The van der Waals surface area contributed by atoms with E-state index < -0.39 is 17.9 Å². The summed E-state index contributed by atoms with van der Waals surface area (Å²) in [6, 6.07) is 6.67. The van der Waals surface area contributed by atoms with Gasteiger partial charge in [-0.2, -0.15) is 0 Å². The molecule has 0 saturated heterocycles. The second kappa shape index (κ2) is 5.29. The van der Waals surface area contributed by atoms with Crippen molar-refractivity contribution in [3.05, 3.63) is 52.7 Å². The molecule has 1 atom stereocenters. The van der Waals surface area contributed by atoms with E-state index in [0.29, 0.717) is 18.0 Å². The normalized spacial score (nSPS) is 17.2. The van der Waals surface area contributed by atoms with Crippen LogP contribution >= 0.6 is 0 Å². The Balaban J connectivity index is 1.99. The number of carbonyl (C=O) groups is 2. The van der Waals surface area contributed by atoms with Gasteiger partial charge in [0.25, 0.3) is 5.91 Å². The van der Waals surface area contributed by atoms with Gasteiger partial charge in [-0.3, -0.25) is 4.79 Å². The molecule has 22 heavy (non-hydrogen) atoms. The molecule has 3 rings (SSSR count). The summed E-state index contributed by atoms with van der Waals surface area (Å²) < 4.78 is 5.35. The number of benzene rings is 1. The maximum atomic E-state index is 12.7. The Labute approximate surface area is 127 Å². The maximum Gasteiger partial charge on any atom is 0.326 e. The second-order valence-corrected chi connectivity index (χ2v) is 5.41. The molecule has 1 aliphatic heterocycles. The van der Waals surface area contributed by atoms with Crippen molar-refractivity contribution in [2.24, 2.45) is 0 Å².